The van der Waals surface area contributed by atoms with Crippen LogP contribution in [-0.2, 0) is 6.54 Å². The topological polar surface area (TPSA) is 22.0 Å². The molecule has 0 radical (unpaired) electrons. The Balaban J connectivity index is 2.11. The molecule has 3 aromatic rings. The Kier molecular flexibility index (Phi) is 3.09. The van der Waals surface area contributed by atoms with E-state index in [0.29, 0.717) is 10.8 Å². The summed E-state index contributed by atoms with van der Waals surface area (Å²) in [5.41, 5.74) is 0.782. The predicted octanol–water partition coefficient (Wildman–Crippen LogP) is 2.39. The molecule has 3 rings (SSSR count). The molecule has 5 heteroatoms. The van der Waals surface area contributed by atoms with Gasteiger partial charge in [-0.25, -0.2) is 0 Å². The molecule has 1 heterocycles. The summed E-state index contributed by atoms with van der Waals surface area (Å²) in [6.45, 7) is 0.470. The first-order valence-electron chi connectivity index (χ1n) is 5.68. The fraction of sp³-hybridized carbons (Fsp3) is 0.0714. The molecule has 0 unspecified atom stereocenters. The van der Waals surface area contributed by atoms with Gasteiger partial charge in [0, 0.05) is 0 Å². The molecule has 96 valence electrons. The molecule has 2 nitrogen and oxygen atoms in total. The Morgan fingerprint density at radius 3 is 2.47 bits per heavy atom. The van der Waals surface area contributed by atoms with E-state index in [1.165, 1.54) is 0 Å². The van der Waals surface area contributed by atoms with Crippen molar-refractivity contribution < 1.29 is 8.78 Å². The third-order valence-corrected chi connectivity index (χ3v) is 5.06. The van der Waals surface area contributed by atoms with Crippen molar-refractivity contribution >= 4 is 24.4 Å². The number of hydrogen-bond acceptors (Lipinski definition) is 1. The molecule has 0 bridgehead atoms. The number of rotatable bonds is 2. The molecule has 0 amide bonds. The van der Waals surface area contributed by atoms with E-state index in [9.17, 15) is 13.6 Å². The molecular weight excluding hydrogens is 315 g/mol. The molecule has 0 N–H and O–H groups in total. The van der Waals surface area contributed by atoms with Gasteiger partial charge in [0.1, 0.15) is 0 Å². The van der Waals surface area contributed by atoms with Crippen molar-refractivity contribution in [1.82, 2.24) is 3.56 Å². The second-order valence-corrected chi connectivity index (χ2v) is 6.41. The maximum atomic E-state index is 13.2. The average Bonchev–Trinajstić information content (AvgIpc) is 2.69. The van der Waals surface area contributed by atoms with Crippen LogP contribution in [0, 0.1) is 11.6 Å². The Hall–Kier alpha value is -1.71. The fourth-order valence-electron chi connectivity index (χ4n) is 1.92. The first-order valence-corrected chi connectivity index (χ1v) is 7.30. The van der Waals surface area contributed by atoms with Crippen LogP contribution in [-0.4, -0.2) is 18.3 Å². The molecule has 0 saturated heterocycles. The van der Waals surface area contributed by atoms with Crippen molar-refractivity contribution in [3.8, 4) is 0 Å². The molecule has 0 atom stereocenters. The molecule has 0 aliphatic carbocycles. The van der Waals surface area contributed by atoms with E-state index in [1.807, 2.05) is 30.3 Å². The molecule has 0 aliphatic rings. The third kappa shape index (κ3) is 2.27. The van der Waals surface area contributed by atoms with Gasteiger partial charge in [-0.05, 0) is 0 Å². The molecule has 19 heavy (non-hydrogen) atoms. The van der Waals surface area contributed by atoms with Crippen molar-refractivity contribution in [3.05, 3.63) is 70.0 Å². The van der Waals surface area contributed by atoms with E-state index in [0.717, 1.165) is 17.7 Å². The Bertz CT molecular complexity index is 792. The van der Waals surface area contributed by atoms with Crippen LogP contribution in [0.5, 0.6) is 0 Å². The van der Waals surface area contributed by atoms with Gasteiger partial charge in [0.15, 0.2) is 0 Å². The summed E-state index contributed by atoms with van der Waals surface area (Å²) in [4.78, 5) is 12.1. The summed E-state index contributed by atoms with van der Waals surface area (Å²) in [6.07, 6.45) is 0. The number of aromatic nitrogens is 1. The number of benzene rings is 2. The number of hydrogen-bond donors (Lipinski definition) is 0. The van der Waals surface area contributed by atoms with E-state index >= 15 is 0 Å². The van der Waals surface area contributed by atoms with Gasteiger partial charge in [-0.3, -0.25) is 0 Å². The quantitative estimate of drug-likeness (QED) is 0.664. The van der Waals surface area contributed by atoms with Crippen molar-refractivity contribution in [2.75, 3.05) is 0 Å². The first-order chi connectivity index (χ1) is 9.15. The second-order valence-electron chi connectivity index (χ2n) is 4.18. The van der Waals surface area contributed by atoms with E-state index in [1.54, 1.807) is 3.56 Å². The third-order valence-electron chi connectivity index (χ3n) is 2.86. The van der Waals surface area contributed by atoms with Gasteiger partial charge in [0.25, 0.3) is 0 Å². The SMILES string of the molecule is O=c1c2cc(F)c(F)cc2[se]n1Cc1ccccc1. The van der Waals surface area contributed by atoms with E-state index < -0.39 is 11.6 Å². The summed E-state index contributed by atoms with van der Waals surface area (Å²) in [5.74, 6) is -1.86. The Morgan fingerprint density at radius 1 is 1.05 bits per heavy atom. The second kappa shape index (κ2) is 4.76. The minimum atomic E-state index is -0.968. The van der Waals surface area contributed by atoms with Gasteiger partial charge in [-0.15, -0.1) is 0 Å². The van der Waals surface area contributed by atoms with Gasteiger partial charge < -0.3 is 0 Å². The summed E-state index contributed by atoms with van der Waals surface area (Å²) >= 11 is -0.295. The van der Waals surface area contributed by atoms with Crippen molar-refractivity contribution in [2.24, 2.45) is 0 Å². The van der Waals surface area contributed by atoms with Gasteiger partial charge in [-0.2, -0.15) is 0 Å². The molecule has 0 aliphatic heterocycles. The normalized spacial score (nSPS) is 11.1. The van der Waals surface area contributed by atoms with Crippen LogP contribution in [0.4, 0.5) is 8.78 Å². The molecule has 1 aromatic heterocycles. The first kappa shape index (κ1) is 12.3. The van der Waals surface area contributed by atoms with Crippen molar-refractivity contribution in [2.45, 2.75) is 6.54 Å². The van der Waals surface area contributed by atoms with Crippen LogP contribution in [0.15, 0.2) is 47.3 Å². The van der Waals surface area contributed by atoms with Crippen LogP contribution in [0.2, 0.25) is 0 Å². The van der Waals surface area contributed by atoms with E-state index in [-0.39, 0.29) is 25.7 Å². The maximum absolute atomic E-state index is 13.2. The van der Waals surface area contributed by atoms with E-state index in [4.69, 9.17) is 0 Å². The predicted molar refractivity (Wildman–Crippen MR) is 70.6 cm³/mol. The van der Waals surface area contributed by atoms with Crippen LogP contribution in [0.25, 0.3) is 9.65 Å². The molecule has 0 spiro atoms. The monoisotopic (exact) mass is 325 g/mol. The zero-order valence-corrected chi connectivity index (χ0v) is 11.5. The number of nitrogens with zero attached hydrogens (tertiary/aromatic N) is 1. The fourth-order valence-corrected chi connectivity index (χ4v) is 4.09. The summed E-state index contributed by atoms with van der Waals surface area (Å²) in [5, 5.41) is 0.287. The minimum absolute atomic E-state index is 0.224. The number of halogens is 2. The van der Waals surface area contributed by atoms with Crippen LogP contribution < -0.4 is 5.56 Å². The zero-order valence-electron chi connectivity index (χ0n) is 9.77. The van der Waals surface area contributed by atoms with Gasteiger partial charge >= 0.3 is 113 Å². The van der Waals surface area contributed by atoms with Gasteiger partial charge in [-0.1, -0.05) is 0 Å². The van der Waals surface area contributed by atoms with Crippen LogP contribution in [0.1, 0.15) is 5.56 Å². The summed E-state index contributed by atoms with van der Waals surface area (Å²) in [7, 11) is 0. The van der Waals surface area contributed by atoms with E-state index in [2.05, 4.69) is 0 Å². The molecule has 0 saturated carbocycles. The van der Waals surface area contributed by atoms with Crippen LogP contribution >= 0.6 is 0 Å². The Morgan fingerprint density at radius 2 is 1.74 bits per heavy atom. The summed E-state index contributed by atoms with van der Waals surface area (Å²) < 4.78 is 28.6. The molecular formula is C14H9F2NOSe. The Labute approximate surface area is 113 Å². The van der Waals surface area contributed by atoms with Crippen molar-refractivity contribution in [1.29, 1.82) is 0 Å². The standard InChI is InChI=1S/C14H9F2NOSe/c15-11-6-10-13(7-12(11)16)19-17(14(10)18)8-9-4-2-1-3-5-9/h1-7H,8H2. The van der Waals surface area contributed by atoms with Gasteiger partial charge in [0.05, 0.1) is 0 Å². The van der Waals surface area contributed by atoms with Crippen molar-refractivity contribution in [3.63, 3.8) is 0 Å². The number of fused-ring (bicyclic) bond motifs is 1. The van der Waals surface area contributed by atoms with Gasteiger partial charge in [0.2, 0.25) is 0 Å². The summed E-state index contributed by atoms with van der Waals surface area (Å²) in [6, 6.07) is 11.7. The average molecular weight is 324 g/mol. The molecule has 2 aromatic carbocycles. The van der Waals surface area contributed by atoms with Crippen LogP contribution in [0.3, 0.4) is 0 Å². The molecule has 0 fully saturated rings. The zero-order chi connectivity index (χ0) is 13.4.